The number of pyridine rings is 1. The molecular weight excluding hydrogens is 356 g/mol. The van der Waals surface area contributed by atoms with E-state index in [9.17, 15) is 9.59 Å². The molecule has 0 bridgehead atoms. The minimum Gasteiger partial charge on any atom is -0.351 e. The summed E-state index contributed by atoms with van der Waals surface area (Å²) in [6.45, 7) is 2.45. The molecule has 1 aromatic carbocycles. The van der Waals surface area contributed by atoms with E-state index in [1.54, 1.807) is 60.9 Å². The van der Waals surface area contributed by atoms with Gasteiger partial charge in [0.15, 0.2) is 0 Å². The summed E-state index contributed by atoms with van der Waals surface area (Å²) in [7, 11) is 0. The van der Waals surface area contributed by atoms with Gasteiger partial charge >= 0.3 is 0 Å². The third kappa shape index (κ3) is 6.78. The Kier molecular flexibility index (Phi) is 7.98. The molecule has 1 aromatic heterocycles. The number of carbonyl (C=O) groups is 2. The Hall–Kier alpha value is -3.90. The number of benzene rings is 1. The molecule has 0 radical (unpaired) electrons. The maximum absolute atomic E-state index is 12.3. The van der Waals surface area contributed by atoms with Crippen LogP contribution in [0.2, 0.25) is 0 Å². The van der Waals surface area contributed by atoms with Crippen LogP contribution in [0.4, 0.5) is 5.69 Å². The first kappa shape index (κ1) is 20.4. The zero-order valence-corrected chi connectivity index (χ0v) is 15.4. The van der Waals surface area contributed by atoms with Crippen LogP contribution in [0.1, 0.15) is 24.5 Å². The normalized spacial score (nSPS) is 11.0. The van der Waals surface area contributed by atoms with E-state index in [-0.39, 0.29) is 11.6 Å². The summed E-state index contributed by atoms with van der Waals surface area (Å²) in [6.07, 6.45) is 8.50. The molecule has 2 N–H and O–H groups in total. The summed E-state index contributed by atoms with van der Waals surface area (Å²) in [6, 6.07) is 10.2. The van der Waals surface area contributed by atoms with Gasteiger partial charge in [-0.2, -0.15) is 0 Å². The fraction of sp³-hybridized carbons (Fsp3) is 0.150. The van der Waals surface area contributed by atoms with Crippen LogP contribution in [0.3, 0.4) is 0 Å². The zero-order chi connectivity index (χ0) is 20.2. The van der Waals surface area contributed by atoms with Crippen molar-refractivity contribution in [2.45, 2.75) is 13.3 Å². The molecular formula is C20H20N6O2. The van der Waals surface area contributed by atoms with E-state index in [1.165, 1.54) is 6.08 Å². The Morgan fingerprint density at radius 3 is 2.64 bits per heavy atom. The third-order valence-electron chi connectivity index (χ3n) is 3.51. The molecule has 0 fully saturated rings. The van der Waals surface area contributed by atoms with Crippen molar-refractivity contribution in [2.75, 3.05) is 6.54 Å². The molecule has 0 aliphatic heterocycles. The smallest absolute Gasteiger partial charge is 0.267 e. The molecule has 2 rings (SSSR count). The molecule has 28 heavy (non-hydrogen) atoms. The van der Waals surface area contributed by atoms with Gasteiger partial charge in [0.25, 0.3) is 5.91 Å². The maximum Gasteiger partial charge on any atom is 0.267 e. The summed E-state index contributed by atoms with van der Waals surface area (Å²) in [5.41, 5.74) is 10.5. The summed E-state index contributed by atoms with van der Waals surface area (Å²) < 4.78 is 0. The number of hydrogen-bond donors (Lipinski definition) is 2. The van der Waals surface area contributed by atoms with Crippen molar-refractivity contribution in [3.05, 3.63) is 82.1 Å². The Balaban J connectivity index is 2.11. The lowest BCUT2D eigenvalue weighted by atomic mass is 10.2. The highest BCUT2D eigenvalue weighted by Gasteiger charge is 2.11. The van der Waals surface area contributed by atoms with Gasteiger partial charge in [0.2, 0.25) is 5.91 Å². The Bertz CT molecular complexity index is 913. The second kappa shape index (κ2) is 10.9. The van der Waals surface area contributed by atoms with E-state index in [2.05, 4.69) is 25.6 Å². The second-order valence-electron chi connectivity index (χ2n) is 5.70. The highest BCUT2D eigenvalue weighted by Crippen LogP contribution is 2.14. The van der Waals surface area contributed by atoms with Crippen LogP contribution in [0, 0.1) is 0 Å². The quantitative estimate of drug-likeness (QED) is 0.316. The Labute approximate surface area is 162 Å². The molecule has 8 nitrogen and oxygen atoms in total. The number of rotatable bonds is 8. The number of amides is 2. The molecule has 0 atom stereocenters. The molecule has 2 amide bonds. The summed E-state index contributed by atoms with van der Waals surface area (Å²) in [5, 5.41) is 8.84. The molecule has 8 heteroatoms. The van der Waals surface area contributed by atoms with E-state index in [0.717, 1.165) is 12.0 Å². The van der Waals surface area contributed by atoms with Crippen molar-refractivity contribution < 1.29 is 9.59 Å². The van der Waals surface area contributed by atoms with Gasteiger partial charge in [-0.3, -0.25) is 14.6 Å². The second-order valence-corrected chi connectivity index (χ2v) is 5.70. The van der Waals surface area contributed by atoms with Crippen molar-refractivity contribution in [3.8, 4) is 0 Å². The van der Waals surface area contributed by atoms with Crippen LogP contribution >= 0.6 is 0 Å². The van der Waals surface area contributed by atoms with E-state index in [1.807, 2.05) is 6.92 Å². The lowest BCUT2D eigenvalue weighted by Gasteiger charge is -2.09. The average Bonchev–Trinajstić information content (AvgIpc) is 2.72. The Morgan fingerprint density at radius 1 is 1.21 bits per heavy atom. The first-order chi connectivity index (χ1) is 13.6. The molecule has 2 aromatic rings. The van der Waals surface area contributed by atoms with Crippen molar-refractivity contribution in [2.24, 2.45) is 5.11 Å². The molecule has 0 saturated heterocycles. The first-order valence-electron chi connectivity index (χ1n) is 8.66. The SMILES string of the molecule is CCCNC(=O)/C(=C/c1cccnc1)NC(=O)/C=C/c1ccc(N=[N+]=[N-])cc1. The fourth-order valence-electron chi connectivity index (χ4n) is 2.17. The predicted molar refractivity (Wildman–Crippen MR) is 108 cm³/mol. The van der Waals surface area contributed by atoms with E-state index >= 15 is 0 Å². The number of carbonyl (C=O) groups excluding carboxylic acids is 2. The minimum atomic E-state index is -0.444. The van der Waals surface area contributed by atoms with Gasteiger partial charge in [0.1, 0.15) is 5.70 Å². The average molecular weight is 376 g/mol. The van der Waals surface area contributed by atoms with Crippen LogP contribution in [0.25, 0.3) is 22.6 Å². The van der Waals surface area contributed by atoms with Gasteiger partial charge in [-0.25, -0.2) is 0 Å². The standard InChI is InChI=1S/C20H20N6O2/c1-2-11-23-20(28)18(13-16-4-3-12-22-14-16)24-19(27)10-7-15-5-8-17(9-6-15)25-26-21/h3-10,12-14H,2,11H2,1H3,(H,23,28)(H,24,27)/b10-7+,18-13-. The van der Waals surface area contributed by atoms with Gasteiger partial charge in [-0.1, -0.05) is 42.4 Å². The predicted octanol–water partition coefficient (Wildman–Crippen LogP) is 3.72. The first-order valence-corrected chi connectivity index (χ1v) is 8.66. The monoisotopic (exact) mass is 376 g/mol. The molecule has 0 saturated carbocycles. The van der Waals surface area contributed by atoms with E-state index < -0.39 is 5.91 Å². The van der Waals surface area contributed by atoms with Crippen molar-refractivity contribution >= 4 is 29.7 Å². The van der Waals surface area contributed by atoms with E-state index in [4.69, 9.17) is 5.53 Å². The number of nitrogens with zero attached hydrogens (tertiary/aromatic N) is 4. The van der Waals surface area contributed by atoms with Crippen LogP contribution in [-0.2, 0) is 9.59 Å². The number of nitrogens with one attached hydrogen (secondary N) is 2. The highest BCUT2D eigenvalue weighted by molar-refractivity contribution is 6.04. The van der Waals surface area contributed by atoms with Gasteiger partial charge in [0.05, 0.1) is 0 Å². The van der Waals surface area contributed by atoms with Gasteiger partial charge in [0, 0.05) is 35.6 Å². The van der Waals surface area contributed by atoms with Crippen LogP contribution in [-0.4, -0.2) is 23.3 Å². The molecule has 0 unspecified atom stereocenters. The number of aromatic nitrogens is 1. The number of azide groups is 1. The third-order valence-corrected chi connectivity index (χ3v) is 3.51. The van der Waals surface area contributed by atoms with Crippen molar-refractivity contribution in [3.63, 3.8) is 0 Å². The van der Waals surface area contributed by atoms with Crippen molar-refractivity contribution in [1.82, 2.24) is 15.6 Å². The molecule has 0 spiro atoms. The van der Waals surface area contributed by atoms with Crippen molar-refractivity contribution in [1.29, 1.82) is 0 Å². The highest BCUT2D eigenvalue weighted by atomic mass is 16.2. The summed E-state index contributed by atoms with van der Waals surface area (Å²) in [5.74, 6) is -0.813. The topological polar surface area (TPSA) is 120 Å². The fourth-order valence-corrected chi connectivity index (χ4v) is 2.17. The lowest BCUT2D eigenvalue weighted by molar-refractivity contribution is -0.121. The van der Waals surface area contributed by atoms with Gasteiger partial charge in [-0.05, 0) is 41.3 Å². The summed E-state index contributed by atoms with van der Waals surface area (Å²) >= 11 is 0. The lowest BCUT2D eigenvalue weighted by Crippen LogP contribution is -2.34. The van der Waals surface area contributed by atoms with Crippen LogP contribution in [0.5, 0.6) is 0 Å². The Morgan fingerprint density at radius 2 is 2.00 bits per heavy atom. The molecule has 142 valence electrons. The largest absolute Gasteiger partial charge is 0.351 e. The molecule has 0 aliphatic carbocycles. The maximum atomic E-state index is 12.3. The van der Waals surface area contributed by atoms with E-state index in [0.29, 0.717) is 17.8 Å². The minimum absolute atomic E-state index is 0.134. The molecule has 1 heterocycles. The van der Waals surface area contributed by atoms with Crippen LogP contribution in [0.15, 0.2) is 65.7 Å². The van der Waals surface area contributed by atoms with Gasteiger partial charge in [-0.15, -0.1) is 0 Å². The summed E-state index contributed by atoms with van der Waals surface area (Å²) in [4.78, 5) is 31.3. The zero-order valence-electron chi connectivity index (χ0n) is 15.4. The number of hydrogen-bond acceptors (Lipinski definition) is 4. The van der Waals surface area contributed by atoms with Crippen LogP contribution < -0.4 is 10.6 Å². The van der Waals surface area contributed by atoms with Gasteiger partial charge < -0.3 is 10.6 Å². The molecule has 0 aliphatic rings.